The predicted molar refractivity (Wildman–Crippen MR) is 108 cm³/mol. The number of fused-ring (bicyclic) bond motifs is 1. The van der Waals surface area contributed by atoms with Crippen molar-refractivity contribution in [2.45, 2.75) is 18.3 Å². The molecule has 0 aliphatic carbocycles. The number of amides is 1. The van der Waals surface area contributed by atoms with Gasteiger partial charge >= 0.3 is 0 Å². The van der Waals surface area contributed by atoms with Gasteiger partial charge in [-0.25, -0.2) is 9.69 Å². The van der Waals surface area contributed by atoms with Crippen LogP contribution >= 0.6 is 11.8 Å². The highest BCUT2D eigenvalue weighted by Crippen LogP contribution is 2.28. The Morgan fingerprint density at radius 3 is 2.66 bits per heavy atom. The summed E-state index contributed by atoms with van der Waals surface area (Å²) in [4.78, 5) is 12.7. The number of rotatable bonds is 7. The summed E-state index contributed by atoms with van der Waals surface area (Å²) in [7, 11) is 3.21. The molecule has 0 bridgehead atoms. The van der Waals surface area contributed by atoms with Crippen LogP contribution in [0.4, 0.5) is 0 Å². The largest absolute Gasteiger partial charge is 0.497 e. The summed E-state index contributed by atoms with van der Waals surface area (Å²) >= 11 is 1.36. The van der Waals surface area contributed by atoms with E-state index in [0.717, 1.165) is 11.3 Å². The van der Waals surface area contributed by atoms with Crippen molar-refractivity contribution in [1.29, 1.82) is 0 Å². The lowest BCUT2D eigenvalue weighted by atomic mass is 10.2. The summed E-state index contributed by atoms with van der Waals surface area (Å²) in [6.45, 7) is 0.527. The van der Waals surface area contributed by atoms with Crippen LogP contribution in [0, 0.1) is 0 Å². The van der Waals surface area contributed by atoms with Crippen molar-refractivity contribution in [3.05, 3.63) is 59.9 Å². The number of aromatic nitrogens is 3. The van der Waals surface area contributed by atoms with Crippen LogP contribution in [0.15, 0.2) is 53.7 Å². The van der Waals surface area contributed by atoms with E-state index < -0.39 is 0 Å². The highest BCUT2D eigenvalue weighted by Gasteiger charge is 2.29. The number of thioether (sulfide) groups is 1. The first-order valence-electron chi connectivity index (χ1n) is 8.96. The van der Waals surface area contributed by atoms with E-state index in [1.54, 1.807) is 23.9 Å². The molecule has 29 heavy (non-hydrogen) atoms. The molecule has 1 aliphatic heterocycles. The monoisotopic (exact) mass is 412 g/mol. The number of nitrogens with zero attached hydrogens (tertiary/aromatic N) is 4. The maximum Gasteiger partial charge on any atom is 0.252 e. The maximum atomic E-state index is 12.7. The Hall–Kier alpha value is -3.20. The second kappa shape index (κ2) is 8.44. The van der Waals surface area contributed by atoms with Gasteiger partial charge in [0, 0.05) is 0 Å². The first-order valence-corrected chi connectivity index (χ1v) is 9.94. The molecule has 3 aromatic rings. The van der Waals surface area contributed by atoms with Gasteiger partial charge in [0.25, 0.3) is 5.91 Å². The Labute approximate surface area is 172 Å². The fourth-order valence-corrected chi connectivity index (χ4v) is 3.84. The Bertz CT molecular complexity index is 1020. The number of para-hydroxylation sites is 2. The average Bonchev–Trinajstić information content (AvgIpc) is 3.18. The van der Waals surface area contributed by atoms with Crippen molar-refractivity contribution in [2.24, 2.45) is 0 Å². The molecule has 0 radical (unpaired) electrons. The van der Waals surface area contributed by atoms with Gasteiger partial charge in [-0.3, -0.25) is 4.79 Å². The zero-order chi connectivity index (χ0) is 20.2. The average molecular weight is 412 g/mol. The quantitative estimate of drug-likeness (QED) is 0.590. The Morgan fingerprint density at radius 1 is 1.03 bits per heavy atom. The fourth-order valence-electron chi connectivity index (χ4n) is 3.01. The molecule has 0 atom stereocenters. The molecule has 0 spiro atoms. The van der Waals surface area contributed by atoms with Crippen LogP contribution in [0.5, 0.6) is 17.2 Å². The van der Waals surface area contributed by atoms with Gasteiger partial charge in [-0.2, -0.15) is 0 Å². The number of ether oxygens (including phenoxy) is 3. The van der Waals surface area contributed by atoms with Gasteiger partial charge in [-0.1, -0.05) is 36.0 Å². The SMILES string of the molecule is COc1cccc(CN2C(=O)CSc3nnc(COc4ccccc4OC)n32)c1. The second-order valence-corrected chi connectivity index (χ2v) is 7.18. The standard InChI is InChI=1S/C20H20N4O4S/c1-26-15-7-5-6-14(10-15)11-23-19(25)13-29-20-22-21-18(24(20)23)12-28-17-9-4-3-8-16(17)27-2/h3-10H,11-13H2,1-2H3. The third kappa shape index (κ3) is 4.00. The zero-order valence-corrected chi connectivity index (χ0v) is 16.9. The summed E-state index contributed by atoms with van der Waals surface area (Å²) in [5, 5.41) is 10.8. The molecule has 1 aromatic heterocycles. The molecule has 2 heterocycles. The number of hydrogen-bond donors (Lipinski definition) is 0. The highest BCUT2D eigenvalue weighted by molar-refractivity contribution is 7.99. The van der Waals surface area contributed by atoms with Crippen LogP contribution in [0.3, 0.4) is 0 Å². The minimum absolute atomic E-state index is 0.0244. The molecule has 1 amide bonds. The molecule has 2 aromatic carbocycles. The van der Waals surface area contributed by atoms with Crippen molar-refractivity contribution in [3.8, 4) is 17.2 Å². The first kappa shape index (κ1) is 19.1. The molecule has 0 saturated heterocycles. The number of methoxy groups -OCH3 is 2. The molecule has 9 heteroatoms. The van der Waals surface area contributed by atoms with Crippen molar-refractivity contribution in [1.82, 2.24) is 14.9 Å². The van der Waals surface area contributed by atoms with E-state index >= 15 is 0 Å². The Morgan fingerprint density at radius 2 is 1.86 bits per heavy atom. The number of carbonyl (C=O) groups excluding carboxylic acids is 1. The molecular formula is C20H20N4O4S. The van der Waals surface area contributed by atoms with E-state index in [1.165, 1.54) is 11.8 Å². The molecule has 8 nitrogen and oxygen atoms in total. The predicted octanol–water partition coefficient (Wildman–Crippen LogP) is 2.64. The third-order valence-electron chi connectivity index (χ3n) is 4.42. The van der Waals surface area contributed by atoms with Crippen molar-refractivity contribution >= 4 is 17.7 Å². The molecule has 150 valence electrons. The molecular weight excluding hydrogens is 392 g/mol. The minimum Gasteiger partial charge on any atom is -0.497 e. The van der Waals surface area contributed by atoms with E-state index in [4.69, 9.17) is 14.2 Å². The normalized spacial score (nSPS) is 13.2. The lowest BCUT2D eigenvalue weighted by molar-refractivity contribution is -0.118. The van der Waals surface area contributed by atoms with Crippen molar-refractivity contribution in [2.75, 3.05) is 25.0 Å². The summed E-state index contributed by atoms with van der Waals surface area (Å²) < 4.78 is 18.2. The van der Waals surface area contributed by atoms with Crippen LogP contribution in [0.2, 0.25) is 0 Å². The molecule has 0 saturated carbocycles. The summed E-state index contributed by atoms with van der Waals surface area (Å²) in [5.41, 5.74) is 0.945. The van der Waals surface area contributed by atoms with Gasteiger partial charge in [0.1, 0.15) is 12.4 Å². The second-order valence-electron chi connectivity index (χ2n) is 6.24. The van der Waals surface area contributed by atoms with Crippen LogP contribution in [0.1, 0.15) is 11.4 Å². The number of benzene rings is 2. The lowest BCUT2D eigenvalue weighted by Crippen LogP contribution is -2.45. The van der Waals surface area contributed by atoms with Crippen LogP contribution < -0.4 is 19.2 Å². The molecule has 0 N–H and O–H groups in total. The lowest BCUT2D eigenvalue weighted by Gasteiger charge is -2.29. The number of hydrogen-bond acceptors (Lipinski definition) is 7. The van der Waals surface area contributed by atoms with E-state index in [9.17, 15) is 4.79 Å². The smallest absolute Gasteiger partial charge is 0.252 e. The minimum atomic E-state index is -0.0244. The topological polar surface area (TPSA) is 78.7 Å². The third-order valence-corrected chi connectivity index (χ3v) is 5.33. The fraction of sp³-hybridized carbons (Fsp3) is 0.250. The van der Waals surface area contributed by atoms with E-state index in [2.05, 4.69) is 10.2 Å². The van der Waals surface area contributed by atoms with Gasteiger partial charge in [0.15, 0.2) is 17.3 Å². The van der Waals surface area contributed by atoms with Gasteiger partial charge in [-0.15, -0.1) is 10.2 Å². The Kier molecular flexibility index (Phi) is 5.57. The van der Waals surface area contributed by atoms with Gasteiger partial charge in [0.05, 0.1) is 26.5 Å². The van der Waals surface area contributed by atoms with Gasteiger partial charge in [0.2, 0.25) is 5.16 Å². The molecule has 1 aliphatic rings. The summed E-state index contributed by atoms with van der Waals surface area (Å²) in [5.74, 6) is 2.80. The highest BCUT2D eigenvalue weighted by atomic mass is 32.2. The van der Waals surface area contributed by atoms with E-state index in [1.807, 2.05) is 48.5 Å². The van der Waals surface area contributed by atoms with Gasteiger partial charge in [-0.05, 0) is 29.8 Å². The Balaban J connectivity index is 1.59. The molecule has 0 unspecified atom stereocenters. The molecule has 0 fully saturated rings. The van der Waals surface area contributed by atoms with Crippen molar-refractivity contribution < 1.29 is 19.0 Å². The zero-order valence-electron chi connectivity index (χ0n) is 16.1. The summed E-state index contributed by atoms with van der Waals surface area (Å²) in [6, 6.07) is 15.0. The van der Waals surface area contributed by atoms with Crippen LogP contribution in [-0.2, 0) is 17.9 Å². The van der Waals surface area contributed by atoms with E-state index in [0.29, 0.717) is 34.8 Å². The van der Waals surface area contributed by atoms with Crippen LogP contribution in [0.25, 0.3) is 0 Å². The maximum absolute atomic E-state index is 12.7. The van der Waals surface area contributed by atoms with Crippen molar-refractivity contribution in [3.63, 3.8) is 0 Å². The first-order chi connectivity index (χ1) is 14.2. The van der Waals surface area contributed by atoms with Gasteiger partial charge < -0.3 is 14.2 Å². The molecule has 4 rings (SSSR count). The van der Waals surface area contributed by atoms with Crippen LogP contribution in [-0.4, -0.2) is 40.8 Å². The summed E-state index contributed by atoms with van der Waals surface area (Å²) in [6.07, 6.45) is 0. The number of carbonyl (C=O) groups is 1. The van der Waals surface area contributed by atoms with E-state index in [-0.39, 0.29) is 12.5 Å².